The van der Waals surface area contributed by atoms with Gasteiger partial charge in [-0.05, 0) is 36.8 Å². The van der Waals surface area contributed by atoms with Crippen molar-refractivity contribution in [2.75, 3.05) is 18.5 Å². The minimum atomic E-state index is -0.300. The fraction of sp³-hybridized carbons (Fsp3) is 0.200. The molecule has 0 spiro atoms. The van der Waals surface area contributed by atoms with Crippen molar-refractivity contribution >= 4 is 17.5 Å². The van der Waals surface area contributed by atoms with Crippen LogP contribution in [0.3, 0.4) is 0 Å². The standard InChI is InChI=1S/C20H22N2O3/c1-3-12-21-20(24)17-10-5-6-11-18(17)22-19(23)15-8-7-9-16(14-15)25-13-4-2/h3,5-11,14H,1,4,12-13H2,2H3,(H,21,24)(H,22,23). The number of ether oxygens (including phenoxy) is 1. The molecule has 0 saturated carbocycles. The summed E-state index contributed by atoms with van der Waals surface area (Å²) in [6.45, 7) is 6.54. The van der Waals surface area contributed by atoms with Crippen molar-refractivity contribution in [2.45, 2.75) is 13.3 Å². The van der Waals surface area contributed by atoms with Crippen LogP contribution in [0.2, 0.25) is 0 Å². The fourth-order valence-electron chi connectivity index (χ4n) is 2.19. The summed E-state index contributed by atoms with van der Waals surface area (Å²) in [4.78, 5) is 24.7. The smallest absolute Gasteiger partial charge is 0.255 e. The second-order valence-electron chi connectivity index (χ2n) is 5.37. The van der Waals surface area contributed by atoms with Crippen LogP contribution in [0.15, 0.2) is 61.2 Å². The molecular weight excluding hydrogens is 316 g/mol. The number of para-hydroxylation sites is 1. The highest BCUT2D eigenvalue weighted by molar-refractivity contribution is 6.09. The number of anilines is 1. The number of carbonyl (C=O) groups is 2. The van der Waals surface area contributed by atoms with Gasteiger partial charge < -0.3 is 15.4 Å². The first kappa shape index (κ1) is 18.3. The molecule has 0 saturated heterocycles. The number of hydrogen-bond donors (Lipinski definition) is 2. The van der Waals surface area contributed by atoms with Crippen molar-refractivity contribution in [3.8, 4) is 5.75 Å². The van der Waals surface area contributed by atoms with E-state index in [1.807, 2.05) is 13.0 Å². The van der Waals surface area contributed by atoms with Crippen molar-refractivity contribution in [2.24, 2.45) is 0 Å². The zero-order valence-corrected chi connectivity index (χ0v) is 14.2. The van der Waals surface area contributed by atoms with Crippen LogP contribution in [0.4, 0.5) is 5.69 Å². The van der Waals surface area contributed by atoms with Gasteiger partial charge in [-0.15, -0.1) is 6.58 Å². The third-order valence-electron chi connectivity index (χ3n) is 3.40. The van der Waals surface area contributed by atoms with Gasteiger partial charge in [-0.2, -0.15) is 0 Å². The average Bonchev–Trinajstić information content (AvgIpc) is 2.65. The summed E-state index contributed by atoms with van der Waals surface area (Å²) in [6, 6.07) is 13.8. The first-order chi connectivity index (χ1) is 12.2. The van der Waals surface area contributed by atoms with Gasteiger partial charge in [0.1, 0.15) is 5.75 Å². The molecule has 5 heteroatoms. The zero-order valence-electron chi connectivity index (χ0n) is 14.2. The van der Waals surface area contributed by atoms with E-state index in [-0.39, 0.29) is 11.8 Å². The van der Waals surface area contributed by atoms with Gasteiger partial charge in [0.15, 0.2) is 0 Å². The van der Waals surface area contributed by atoms with E-state index in [4.69, 9.17) is 4.74 Å². The average molecular weight is 338 g/mol. The Hall–Kier alpha value is -3.08. The minimum absolute atomic E-state index is 0.268. The number of benzene rings is 2. The Morgan fingerprint density at radius 2 is 1.92 bits per heavy atom. The number of hydrogen-bond acceptors (Lipinski definition) is 3. The Labute approximate surface area is 147 Å². The molecule has 0 heterocycles. The molecule has 25 heavy (non-hydrogen) atoms. The Morgan fingerprint density at radius 3 is 2.68 bits per heavy atom. The fourth-order valence-corrected chi connectivity index (χ4v) is 2.19. The Bertz CT molecular complexity index is 756. The molecule has 2 N–H and O–H groups in total. The van der Waals surface area contributed by atoms with Crippen molar-refractivity contribution in [1.29, 1.82) is 0 Å². The molecule has 0 radical (unpaired) electrons. The SMILES string of the molecule is C=CCNC(=O)c1ccccc1NC(=O)c1cccc(OCCC)c1. The second kappa shape index (κ2) is 9.27. The van der Waals surface area contributed by atoms with E-state index in [1.54, 1.807) is 48.5 Å². The van der Waals surface area contributed by atoms with Gasteiger partial charge in [0, 0.05) is 12.1 Å². The summed E-state index contributed by atoms with van der Waals surface area (Å²) in [5, 5.41) is 5.49. The Morgan fingerprint density at radius 1 is 1.12 bits per heavy atom. The van der Waals surface area contributed by atoms with Crippen LogP contribution in [0.25, 0.3) is 0 Å². The van der Waals surface area contributed by atoms with Crippen molar-refractivity contribution < 1.29 is 14.3 Å². The molecule has 130 valence electrons. The largest absolute Gasteiger partial charge is 0.494 e. The lowest BCUT2D eigenvalue weighted by Crippen LogP contribution is -2.25. The van der Waals surface area contributed by atoms with Gasteiger partial charge in [-0.1, -0.05) is 31.2 Å². The third-order valence-corrected chi connectivity index (χ3v) is 3.40. The summed E-state index contributed by atoms with van der Waals surface area (Å²) >= 11 is 0. The van der Waals surface area contributed by atoms with Gasteiger partial charge in [-0.3, -0.25) is 9.59 Å². The van der Waals surface area contributed by atoms with Crippen molar-refractivity contribution in [3.05, 3.63) is 72.3 Å². The molecule has 0 atom stereocenters. The lowest BCUT2D eigenvalue weighted by atomic mass is 10.1. The number of amides is 2. The van der Waals surface area contributed by atoms with Crippen LogP contribution in [-0.2, 0) is 0 Å². The summed E-state index contributed by atoms with van der Waals surface area (Å²) in [7, 11) is 0. The van der Waals surface area contributed by atoms with Crippen molar-refractivity contribution in [3.63, 3.8) is 0 Å². The lowest BCUT2D eigenvalue weighted by molar-refractivity contribution is 0.0959. The zero-order chi connectivity index (χ0) is 18.1. The molecule has 2 aromatic rings. The van der Waals surface area contributed by atoms with Crippen LogP contribution in [0, 0.1) is 0 Å². The Kier molecular flexibility index (Phi) is 6.77. The van der Waals surface area contributed by atoms with Crippen molar-refractivity contribution in [1.82, 2.24) is 5.32 Å². The van der Waals surface area contributed by atoms with Gasteiger partial charge in [0.25, 0.3) is 11.8 Å². The molecule has 0 unspecified atom stereocenters. The normalized spacial score (nSPS) is 9.96. The topological polar surface area (TPSA) is 67.4 Å². The highest BCUT2D eigenvalue weighted by Gasteiger charge is 2.14. The molecule has 2 rings (SSSR count). The first-order valence-electron chi connectivity index (χ1n) is 8.18. The van der Waals surface area contributed by atoms with Gasteiger partial charge in [-0.25, -0.2) is 0 Å². The molecule has 0 aromatic heterocycles. The quantitative estimate of drug-likeness (QED) is 0.722. The predicted molar refractivity (Wildman–Crippen MR) is 99.2 cm³/mol. The molecule has 0 aliphatic rings. The molecule has 2 aromatic carbocycles. The number of rotatable bonds is 8. The summed E-state index contributed by atoms with van der Waals surface area (Å²) in [6.07, 6.45) is 2.49. The van der Waals surface area contributed by atoms with E-state index in [2.05, 4.69) is 17.2 Å². The van der Waals surface area contributed by atoms with Gasteiger partial charge in [0.2, 0.25) is 0 Å². The maximum Gasteiger partial charge on any atom is 0.255 e. The molecule has 0 aliphatic heterocycles. The molecular formula is C20H22N2O3. The maximum absolute atomic E-state index is 12.5. The highest BCUT2D eigenvalue weighted by atomic mass is 16.5. The third kappa shape index (κ3) is 5.21. The molecule has 5 nitrogen and oxygen atoms in total. The first-order valence-corrected chi connectivity index (χ1v) is 8.18. The van der Waals surface area contributed by atoms with E-state index in [1.165, 1.54) is 0 Å². The van der Waals surface area contributed by atoms with Crippen LogP contribution < -0.4 is 15.4 Å². The minimum Gasteiger partial charge on any atom is -0.494 e. The molecule has 0 bridgehead atoms. The van der Waals surface area contributed by atoms with E-state index >= 15 is 0 Å². The van der Waals surface area contributed by atoms with Crippen LogP contribution in [0.5, 0.6) is 5.75 Å². The molecule has 0 fully saturated rings. The highest BCUT2D eigenvalue weighted by Crippen LogP contribution is 2.18. The van der Waals surface area contributed by atoms with Gasteiger partial charge in [0.05, 0.1) is 17.9 Å². The van der Waals surface area contributed by atoms with Gasteiger partial charge >= 0.3 is 0 Å². The summed E-state index contributed by atoms with van der Waals surface area (Å²) in [5.74, 6) is 0.0771. The molecule has 0 aliphatic carbocycles. The number of carbonyl (C=O) groups excluding carboxylic acids is 2. The van der Waals surface area contributed by atoms with E-state index in [0.29, 0.717) is 35.7 Å². The Balaban J connectivity index is 2.15. The van der Waals surface area contributed by atoms with E-state index in [9.17, 15) is 9.59 Å². The molecule has 2 amide bonds. The predicted octanol–water partition coefficient (Wildman–Crippen LogP) is 3.64. The monoisotopic (exact) mass is 338 g/mol. The number of nitrogens with one attached hydrogen (secondary N) is 2. The summed E-state index contributed by atoms with van der Waals surface area (Å²) in [5.41, 5.74) is 1.32. The van der Waals surface area contributed by atoms with E-state index < -0.39 is 0 Å². The van der Waals surface area contributed by atoms with Crippen LogP contribution >= 0.6 is 0 Å². The lowest BCUT2D eigenvalue weighted by Gasteiger charge is -2.11. The maximum atomic E-state index is 12.5. The van der Waals surface area contributed by atoms with Crippen LogP contribution in [0.1, 0.15) is 34.1 Å². The van der Waals surface area contributed by atoms with Crippen LogP contribution in [-0.4, -0.2) is 25.0 Å². The van der Waals surface area contributed by atoms with E-state index in [0.717, 1.165) is 6.42 Å². The second-order valence-corrected chi connectivity index (χ2v) is 5.37. The summed E-state index contributed by atoms with van der Waals surface area (Å²) < 4.78 is 5.55.